The number of likely N-dealkylation sites (tertiary alicyclic amines) is 1. The van der Waals surface area contributed by atoms with Gasteiger partial charge in [0, 0.05) is 24.7 Å². The van der Waals surface area contributed by atoms with Crippen LogP contribution in [0.15, 0.2) is 24.3 Å². The van der Waals surface area contributed by atoms with Gasteiger partial charge in [0.05, 0.1) is 0 Å². The summed E-state index contributed by atoms with van der Waals surface area (Å²) in [5.41, 5.74) is 9.16. The molecule has 1 aliphatic heterocycles. The van der Waals surface area contributed by atoms with Gasteiger partial charge in [0.15, 0.2) is 0 Å². The Kier molecular flexibility index (Phi) is 5.83. The van der Waals surface area contributed by atoms with Crippen molar-refractivity contribution < 1.29 is 0 Å². The van der Waals surface area contributed by atoms with Crippen molar-refractivity contribution >= 4 is 0 Å². The summed E-state index contributed by atoms with van der Waals surface area (Å²) in [5.74, 6) is 0.709. The van der Waals surface area contributed by atoms with Gasteiger partial charge in [0.2, 0.25) is 0 Å². The molecule has 3 atom stereocenters. The van der Waals surface area contributed by atoms with Gasteiger partial charge >= 0.3 is 0 Å². The summed E-state index contributed by atoms with van der Waals surface area (Å²) >= 11 is 0. The first-order valence-corrected chi connectivity index (χ1v) is 8.61. The predicted molar refractivity (Wildman–Crippen MR) is 91.4 cm³/mol. The average Bonchev–Trinajstić information content (AvgIpc) is 2.79. The molecule has 21 heavy (non-hydrogen) atoms. The predicted octanol–water partition coefficient (Wildman–Crippen LogP) is 4.15. The molecule has 118 valence electrons. The van der Waals surface area contributed by atoms with Crippen LogP contribution in [0.5, 0.6) is 0 Å². The zero-order valence-corrected chi connectivity index (χ0v) is 14.2. The molecule has 2 heteroatoms. The van der Waals surface area contributed by atoms with Crippen LogP contribution >= 0.6 is 0 Å². The van der Waals surface area contributed by atoms with E-state index in [9.17, 15) is 0 Å². The third-order valence-electron chi connectivity index (χ3n) is 4.88. The Morgan fingerprint density at radius 2 is 1.86 bits per heavy atom. The van der Waals surface area contributed by atoms with Crippen LogP contribution < -0.4 is 5.73 Å². The van der Waals surface area contributed by atoms with Crippen molar-refractivity contribution in [2.45, 2.75) is 71.5 Å². The molecule has 0 saturated carbocycles. The van der Waals surface area contributed by atoms with Gasteiger partial charge in [-0.05, 0) is 49.7 Å². The van der Waals surface area contributed by atoms with E-state index in [2.05, 4.69) is 56.9 Å². The van der Waals surface area contributed by atoms with E-state index in [0.717, 1.165) is 19.0 Å². The quantitative estimate of drug-likeness (QED) is 0.852. The lowest BCUT2D eigenvalue weighted by molar-refractivity contribution is 0.186. The molecule has 3 unspecified atom stereocenters. The molecular formula is C19H32N2. The van der Waals surface area contributed by atoms with E-state index < -0.39 is 0 Å². The maximum atomic E-state index is 6.46. The third-order valence-corrected chi connectivity index (χ3v) is 4.88. The molecule has 0 radical (unpaired) electrons. The first-order chi connectivity index (χ1) is 10.0. The Hall–Kier alpha value is -0.860. The van der Waals surface area contributed by atoms with Crippen molar-refractivity contribution in [3.05, 3.63) is 35.4 Å². The molecule has 1 aliphatic rings. The first-order valence-electron chi connectivity index (χ1n) is 8.61. The summed E-state index contributed by atoms with van der Waals surface area (Å²) < 4.78 is 0. The lowest BCUT2D eigenvalue weighted by Crippen LogP contribution is -2.39. The summed E-state index contributed by atoms with van der Waals surface area (Å²) in [6.07, 6.45) is 5.04. The van der Waals surface area contributed by atoms with Gasteiger partial charge in [0.1, 0.15) is 0 Å². The summed E-state index contributed by atoms with van der Waals surface area (Å²) in [6, 6.07) is 10.5. The molecule has 1 aromatic rings. The van der Waals surface area contributed by atoms with Gasteiger partial charge in [-0.25, -0.2) is 0 Å². The number of nitrogens with zero attached hydrogens (tertiary/aromatic N) is 1. The Bertz CT molecular complexity index is 424. The Balaban J connectivity index is 1.98. The number of benzene rings is 1. The molecule has 2 N–H and O–H groups in total. The van der Waals surface area contributed by atoms with Crippen LogP contribution in [0.1, 0.15) is 64.1 Å². The van der Waals surface area contributed by atoms with Crippen molar-refractivity contribution in [2.75, 3.05) is 6.54 Å². The minimum absolute atomic E-state index is 0.132. The van der Waals surface area contributed by atoms with Gasteiger partial charge in [-0.3, -0.25) is 4.90 Å². The Morgan fingerprint density at radius 3 is 2.43 bits per heavy atom. The summed E-state index contributed by atoms with van der Waals surface area (Å²) in [7, 11) is 0. The minimum atomic E-state index is 0.132. The molecule has 2 nitrogen and oxygen atoms in total. The molecule has 0 bridgehead atoms. The molecule has 1 aromatic carbocycles. The van der Waals surface area contributed by atoms with Crippen molar-refractivity contribution in [1.29, 1.82) is 0 Å². The second kappa shape index (κ2) is 7.42. The molecule has 1 saturated heterocycles. The van der Waals surface area contributed by atoms with Crippen molar-refractivity contribution in [3.63, 3.8) is 0 Å². The van der Waals surface area contributed by atoms with E-state index in [1.807, 2.05) is 0 Å². The average molecular weight is 288 g/mol. The minimum Gasteiger partial charge on any atom is -0.323 e. The van der Waals surface area contributed by atoms with Crippen LogP contribution in [0.3, 0.4) is 0 Å². The first kappa shape index (κ1) is 16.5. The fraction of sp³-hybridized carbons (Fsp3) is 0.684. The van der Waals surface area contributed by atoms with Gasteiger partial charge in [-0.1, -0.05) is 45.0 Å². The fourth-order valence-corrected chi connectivity index (χ4v) is 3.60. The fourth-order valence-electron chi connectivity index (χ4n) is 3.60. The lowest BCUT2D eigenvalue weighted by Gasteiger charge is -2.30. The molecular weight excluding hydrogens is 256 g/mol. The normalized spacial score (nSPS) is 24.7. The zero-order valence-electron chi connectivity index (χ0n) is 14.2. The topological polar surface area (TPSA) is 29.3 Å². The highest BCUT2D eigenvalue weighted by Gasteiger charge is 2.30. The Morgan fingerprint density at radius 1 is 1.19 bits per heavy atom. The van der Waals surface area contributed by atoms with Crippen molar-refractivity contribution in [1.82, 2.24) is 4.90 Å². The second-order valence-corrected chi connectivity index (χ2v) is 7.13. The summed E-state index contributed by atoms with van der Waals surface area (Å²) in [5, 5.41) is 0. The maximum Gasteiger partial charge on any atom is 0.0424 e. The number of hydrogen-bond acceptors (Lipinski definition) is 2. The van der Waals surface area contributed by atoms with E-state index in [4.69, 9.17) is 5.73 Å². The van der Waals surface area contributed by atoms with E-state index >= 15 is 0 Å². The highest BCUT2D eigenvalue weighted by atomic mass is 15.2. The van der Waals surface area contributed by atoms with Gasteiger partial charge in [-0.2, -0.15) is 0 Å². The molecule has 1 fully saturated rings. The van der Waals surface area contributed by atoms with E-state index in [1.54, 1.807) is 0 Å². The van der Waals surface area contributed by atoms with Crippen LogP contribution in [0.25, 0.3) is 0 Å². The number of nitrogens with two attached hydrogens (primary N) is 1. The highest BCUT2D eigenvalue weighted by molar-refractivity contribution is 5.25. The third kappa shape index (κ3) is 4.31. The lowest BCUT2D eigenvalue weighted by atomic mass is 9.99. The van der Waals surface area contributed by atoms with Crippen LogP contribution in [0, 0.1) is 5.92 Å². The van der Waals surface area contributed by atoms with Gasteiger partial charge in [-0.15, -0.1) is 0 Å². The molecule has 0 aromatic heterocycles. The largest absolute Gasteiger partial charge is 0.323 e. The molecule has 0 spiro atoms. The highest BCUT2D eigenvalue weighted by Crippen LogP contribution is 2.28. The molecule has 0 amide bonds. The van der Waals surface area contributed by atoms with Crippen LogP contribution in [0.4, 0.5) is 0 Å². The SMILES string of the molecule is CCC1CCC(C)N1CC(N)c1ccc(CC(C)C)cc1. The monoisotopic (exact) mass is 288 g/mol. The molecule has 1 heterocycles. The maximum absolute atomic E-state index is 6.46. The van der Waals surface area contributed by atoms with E-state index in [0.29, 0.717) is 12.0 Å². The number of rotatable bonds is 6. The smallest absolute Gasteiger partial charge is 0.0424 e. The number of hydrogen-bond donors (Lipinski definition) is 1. The van der Waals surface area contributed by atoms with Crippen LogP contribution in [0.2, 0.25) is 0 Å². The van der Waals surface area contributed by atoms with Gasteiger partial charge < -0.3 is 5.73 Å². The molecule has 2 rings (SSSR count). The Labute approximate surface area is 130 Å². The van der Waals surface area contributed by atoms with Gasteiger partial charge in [0.25, 0.3) is 0 Å². The van der Waals surface area contributed by atoms with E-state index in [1.165, 1.54) is 30.4 Å². The van der Waals surface area contributed by atoms with E-state index in [-0.39, 0.29) is 6.04 Å². The second-order valence-electron chi connectivity index (χ2n) is 7.13. The van der Waals surface area contributed by atoms with Crippen molar-refractivity contribution in [3.8, 4) is 0 Å². The standard InChI is InChI=1S/C19H32N2/c1-5-18-11-6-15(4)21(18)13-19(20)17-9-7-16(8-10-17)12-14(2)3/h7-10,14-15,18-19H,5-6,11-13,20H2,1-4H3. The van der Waals surface area contributed by atoms with Crippen LogP contribution in [-0.2, 0) is 6.42 Å². The summed E-state index contributed by atoms with van der Waals surface area (Å²) in [6.45, 7) is 10.2. The van der Waals surface area contributed by atoms with Crippen molar-refractivity contribution in [2.24, 2.45) is 11.7 Å². The summed E-state index contributed by atoms with van der Waals surface area (Å²) in [4.78, 5) is 2.62. The zero-order chi connectivity index (χ0) is 15.4. The molecule has 0 aliphatic carbocycles. The van der Waals surface area contributed by atoms with Crippen LogP contribution in [-0.4, -0.2) is 23.5 Å².